The van der Waals surface area contributed by atoms with Crippen LogP contribution in [0.3, 0.4) is 0 Å². The molecule has 1 N–H and O–H groups in total. The van der Waals surface area contributed by atoms with Crippen molar-refractivity contribution in [2.45, 2.75) is 31.9 Å². The molecule has 0 aromatic carbocycles. The zero-order valence-corrected chi connectivity index (χ0v) is 17.2. The number of anilines is 1. The van der Waals surface area contributed by atoms with Crippen molar-refractivity contribution in [2.75, 3.05) is 12.4 Å². The molecule has 3 heterocycles. The topological polar surface area (TPSA) is 89.9 Å². The Morgan fingerprint density at radius 3 is 2.76 bits per heavy atom. The van der Waals surface area contributed by atoms with E-state index in [4.69, 9.17) is 16.3 Å². The van der Waals surface area contributed by atoms with Gasteiger partial charge in [0.1, 0.15) is 22.1 Å². The number of alkyl halides is 1. The third-order valence-electron chi connectivity index (χ3n) is 4.80. The Morgan fingerprint density at radius 1 is 1.24 bits per heavy atom. The van der Waals surface area contributed by atoms with E-state index >= 15 is 0 Å². The maximum atomic E-state index is 13.6. The van der Waals surface area contributed by atoms with Crippen molar-refractivity contribution in [1.29, 1.82) is 0 Å². The quantitative estimate of drug-likeness (QED) is 0.598. The number of ether oxygens (including phenoxy) is 1. The maximum absolute atomic E-state index is 13.6. The monoisotopic (exact) mass is 433 g/mol. The Morgan fingerprint density at radius 2 is 2.07 bits per heavy atom. The largest absolute Gasteiger partial charge is 0.494 e. The first-order chi connectivity index (χ1) is 14.0. The molecule has 3 aromatic rings. The summed E-state index contributed by atoms with van der Waals surface area (Å²) in [5, 5.41) is 11.9. The number of rotatable bonds is 5. The standard InChI is InChI=1S/C19H17ClFN5O2S/c1-9-5-11(12-6-16(20)23-8-15(12)28-2)13(7-22-9)17(27)24-19-26-25-18(29-19)10-3-4-14(10)21/h5-8,10,14H,3-4H2,1-2H3,(H,24,26,27). The fraction of sp³-hybridized carbons (Fsp3) is 0.316. The van der Waals surface area contributed by atoms with Crippen molar-refractivity contribution in [2.24, 2.45) is 0 Å². The fourth-order valence-electron chi connectivity index (χ4n) is 3.09. The summed E-state index contributed by atoms with van der Waals surface area (Å²) in [6.07, 6.45) is 3.39. The summed E-state index contributed by atoms with van der Waals surface area (Å²) in [6, 6.07) is 3.41. The Hall–Kier alpha value is -2.65. The molecule has 1 aliphatic carbocycles. The molecule has 1 amide bonds. The van der Waals surface area contributed by atoms with Crippen molar-refractivity contribution in [3.05, 3.63) is 45.9 Å². The summed E-state index contributed by atoms with van der Waals surface area (Å²) in [7, 11) is 1.52. The number of carbonyl (C=O) groups excluding carboxylic acids is 1. The van der Waals surface area contributed by atoms with Crippen LogP contribution in [0, 0.1) is 6.92 Å². The van der Waals surface area contributed by atoms with E-state index in [9.17, 15) is 9.18 Å². The van der Waals surface area contributed by atoms with Gasteiger partial charge in [-0.2, -0.15) is 0 Å². The normalized spacial score (nSPS) is 18.2. The molecule has 0 radical (unpaired) electrons. The van der Waals surface area contributed by atoms with Crippen LogP contribution in [0.4, 0.5) is 9.52 Å². The van der Waals surface area contributed by atoms with Gasteiger partial charge in [-0.25, -0.2) is 9.37 Å². The minimum absolute atomic E-state index is 0.224. The molecule has 1 aliphatic rings. The van der Waals surface area contributed by atoms with Gasteiger partial charge in [0.05, 0.1) is 18.9 Å². The molecule has 3 aromatic heterocycles. The van der Waals surface area contributed by atoms with E-state index in [-0.39, 0.29) is 11.1 Å². The van der Waals surface area contributed by atoms with Gasteiger partial charge in [0.2, 0.25) is 5.13 Å². The van der Waals surface area contributed by atoms with E-state index in [2.05, 4.69) is 25.5 Å². The second-order valence-corrected chi connectivity index (χ2v) is 8.07. The average Bonchev–Trinajstić information content (AvgIpc) is 3.13. The Balaban J connectivity index is 1.65. The van der Waals surface area contributed by atoms with E-state index in [1.54, 1.807) is 12.1 Å². The molecule has 29 heavy (non-hydrogen) atoms. The zero-order chi connectivity index (χ0) is 20.5. The van der Waals surface area contributed by atoms with Gasteiger partial charge in [0.25, 0.3) is 5.91 Å². The van der Waals surface area contributed by atoms with Gasteiger partial charge in [-0.1, -0.05) is 22.9 Å². The van der Waals surface area contributed by atoms with E-state index < -0.39 is 12.1 Å². The molecular weight excluding hydrogens is 417 g/mol. The molecule has 1 saturated carbocycles. The average molecular weight is 434 g/mol. The molecule has 2 unspecified atom stereocenters. The lowest BCUT2D eigenvalue weighted by Crippen LogP contribution is -2.24. The van der Waals surface area contributed by atoms with Crippen LogP contribution >= 0.6 is 22.9 Å². The first-order valence-electron chi connectivity index (χ1n) is 8.91. The number of methoxy groups -OCH3 is 1. The summed E-state index contributed by atoms with van der Waals surface area (Å²) in [6.45, 7) is 1.82. The summed E-state index contributed by atoms with van der Waals surface area (Å²) >= 11 is 7.25. The highest BCUT2D eigenvalue weighted by molar-refractivity contribution is 7.15. The SMILES string of the molecule is COc1cnc(Cl)cc1-c1cc(C)ncc1C(=O)Nc1nnc(C2CCC2F)s1. The highest BCUT2D eigenvalue weighted by Crippen LogP contribution is 2.41. The van der Waals surface area contributed by atoms with Gasteiger partial charge in [-0.15, -0.1) is 10.2 Å². The number of aromatic nitrogens is 4. The molecule has 150 valence electrons. The molecule has 0 saturated heterocycles. The van der Waals surface area contributed by atoms with E-state index in [0.717, 1.165) is 12.1 Å². The summed E-state index contributed by atoms with van der Waals surface area (Å²) < 4.78 is 19.0. The molecule has 7 nitrogen and oxygen atoms in total. The number of nitrogens with zero attached hydrogens (tertiary/aromatic N) is 4. The number of nitrogens with one attached hydrogen (secondary N) is 1. The van der Waals surface area contributed by atoms with Crippen LogP contribution in [0.25, 0.3) is 11.1 Å². The first kappa shape index (κ1) is 19.7. The van der Waals surface area contributed by atoms with Crippen LogP contribution in [-0.2, 0) is 0 Å². The van der Waals surface area contributed by atoms with Crippen molar-refractivity contribution >= 4 is 34.0 Å². The minimum Gasteiger partial charge on any atom is -0.494 e. The third kappa shape index (κ3) is 3.92. The molecular formula is C19H17ClFN5O2S. The van der Waals surface area contributed by atoms with Crippen molar-refractivity contribution in [3.63, 3.8) is 0 Å². The number of halogens is 2. The molecule has 2 atom stereocenters. The van der Waals surface area contributed by atoms with E-state index in [1.165, 1.54) is 30.8 Å². The van der Waals surface area contributed by atoms with Gasteiger partial charge in [0, 0.05) is 28.9 Å². The van der Waals surface area contributed by atoms with Crippen molar-refractivity contribution < 1.29 is 13.9 Å². The van der Waals surface area contributed by atoms with Crippen LogP contribution < -0.4 is 10.1 Å². The lowest BCUT2D eigenvalue weighted by Gasteiger charge is -2.27. The van der Waals surface area contributed by atoms with Crippen molar-refractivity contribution in [3.8, 4) is 16.9 Å². The van der Waals surface area contributed by atoms with Gasteiger partial charge < -0.3 is 4.74 Å². The third-order valence-corrected chi connectivity index (χ3v) is 5.98. The molecule has 0 spiro atoms. The number of aryl methyl sites for hydroxylation is 1. The molecule has 4 rings (SSSR count). The fourth-order valence-corrected chi connectivity index (χ4v) is 4.17. The van der Waals surface area contributed by atoms with Crippen LogP contribution in [0.5, 0.6) is 5.75 Å². The second-order valence-electron chi connectivity index (χ2n) is 6.68. The number of hydrogen-bond donors (Lipinski definition) is 1. The number of pyridine rings is 2. The Bertz CT molecular complexity index is 1080. The van der Waals surface area contributed by atoms with Gasteiger partial charge in [0.15, 0.2) is 0 Å². The predicted octanol–water partition coefficient (Wildman–Crippen LogP) is 4.43. The first-order valence-corrected chi connectivity index (χ1v) is 10.1. The molecule has 1 fully saturated rings. The number of hydrogen-bond acceptors (Lipinski definition) is 7. The van der Waals surface area contributed by atoms with Crippen LogP contribution in [-0.4, -0.2) is 39.4 Å². The Labute approximate surface area is 175 Å². The van der Waals surface area contributed by atoms with Crippen LogP contribution in [0.1, 0.15) is 39.8 Å². The van der Waals surface area contributed by atoms with Gasteiger partial charge >= 0.3 is 0 Å². The zero-order valence-electron chi connectivity index (χ0n) is 15.6. The highest BCUT2D eigenvalue weighted by atomic mass is 35.5. The Kier molecular flexibility index (Phi) is 5.42. The van der Waals surface area contributed by atoms with E-state index in [0.29, 0.717) is 39.0 Å². The summed E-state index contributed by atoms with van der Waals surface area (Å²) in [5.41, 5.74) is 2.27. The highest BCUT2D eigenvalue weighted by Gasteiger charge is 2.35. The molecule has 0 bridgehead atoms. The predicted molar refractivity (Wildman–Crippen MR) is 109 cm³/mol. The number of carbonyl (C=O) groups is 1. The van der Waals surface area contributed by atoms with Crippen LogP contribution in [0.2, 0.25) is 5.15 Å². The van der Waals surface area contributed by atoms with Crippen LogP contribution in [0.15, 0.2) is 24.5 Å². The lowest BCUT2D eigenvalue weighted by atomic mass is 9.84. The second kappa shape index (κ2) is 8.00. The smallest absolute Gasteiger partial charge is 0.259 e. The van der Waals surface area contributed by atoms with Gasteiger partial charge in [-0.05, 0) is 31.9 Å². The minimum atomic E-state index is -0.886. The molecule has 10 heteroatoms. The van der Waals surface area contributed by atoms with Gasteiger partial charge in [-0.3, -0.25) is 15.1 Å². The van der Waals surface area contributed by atoms with Crippen molar-refractivity contribution in [1.82, 2.24) is 20.2 Å². The lowest BCUT2D eigenvalue weighted by molar-refractivity contribution is 0.102. The number of amides is 1. The maximum Gasteiger partial charge on any atom is 0.259 e. The summed E-state index contributed by atoms with van der Waals surface area (Å²) in [4.78, 5) is 21.2. The van der Waals surface area contributed by atoms with E-state index in [1.807, 2.05) is 6.92 Å². The summed E-state index contributed by atoms with van der Waals surface area (Å²) in [5.74, 6) is -0.153. The molecule has 0 aliphatic heterocycles.